The van der Waals surface area contributed by atoms with E-state index < -0.39 is 18.7 Å². The van der Waals surface area contributed by atoms with Gasteiger partial charge >= 0.3 is 7.60 Å². The third-order valence-electron chi connectivity index (χ3n) is 3.96. The number of nitrogens with one attached hydrogen (secondary N) is 1. The molecule has 1 amide bonds. The van der Waals surface area contributed by atoms with E-state index in [4.69, 9.17) is 9.47 Å². The largest absolute Gasteiger partial charge is 0.491 e. The number of carbonyl (C=O) groups excluding carboxylic acids is 1. The minimum atomic E-state index is -4.76. The van der Waals surface area contributed by atoms with Gasteiger partial charge in [0.05, 0.1) is 11.4 Å². The molecule has 11 heteroatoms. The highest BCUT2D eigenvalue weighted by Crippen LogP contribution is 2.49. The monoisotopic (exact) mass is 496 g/mol. The van der Waals surface area contributed by atoms with Gasteiger partial charge in [-0.25, -0.2) is 9.37 Å². The fourth-order valence-electron chi connectivity index (χ4n) is 2.55. The van der Waals surface area contributed by atoms with Crippen LogP contribution in [-0.4, -0.2) is 26.8 Å². The number of aryl methyl sites for hydroxylation is 1. The molecular weight excluding hydrogens is 470 g/mol. The second-order valence-corrected chi connectivity index (χ2v) is 10.1. The molecule has 0 atom stereocenters. The number of rotatable bonds is 9. The number of hydrogen-bond donors (Lipinski definition) is 3. The molecule has 0 unspecified atom stereocenters. The number of carbonyl (C=O) groups is 1. The van der Waals surface area contributed by atoms with E-state index in [9.17, 15) is 23.5 Å². The molecule has 1 heterocycles. The Hall–Kier alpha value is -2.78. The molecule has 0 bridgehead atoms. The van der Waals surface area contributed by atoms with E-state index in [1.54, 1.807) is 13.1 Å². The maximum Gasteiger partial charge on any atom is 0.359 e. The minimum Gasteiger partial charge on any atom is -0.491 e. The second-order valence-electron chi connectivity index (χ2n) is 7.32. The number of amides is 1. The van der Waals surface area contributed by atoms with E-state index in [1.807, 2.05) is 20.8 Å². The molecule has 0 saturated carbocycles. The van der Waals surface area contributed by atoms with Crippen molar-refractivity contribution < 1.29 is 33.0 Å². The summed E-state index contributed by atoms with van der Waals surface area (Å²) in [7, 11) is -4.76. The summed E-state index contributed by atoms with van der Waals surface area (Å²) in [5, 5.41) is 2.48. The zero-order valence-corrected chi connectivity index (χ0v) is 20.4. The predicted molar refractivity (Wildman–Crippen MR) is 126 cm³/mol. The van der Waals surface area contributed by atoms with Gasteiger partial charge in [0, 0.05) is 29.1 Å². The van der Waals surface area contributed by atoms with Crippen LogP contribution in [0.3, 0.4) is 0 Å². The average Bonchev–Trinajstić information content (AvgIpc) is 2.98. The van der Waals surface area contributed by atoms with Gasteiger partial charge in [-0.15, -0.1) is 11.3 Å². The van der Waals surface area contributed by atoms with Crippen molar-refractivity contribution in [3.8, 4) is 0 Å². The summed E-state index contributed by atoms with van der Waals surface area (Å²) in [6.45, 7) is 10.9. The quantitative estimate of drug-likeness (QED) is 0.182. The highest BCUT2D eigenvalue weighted by atomic mass is 32.1. The maximum absolute atomic E-state index is 14.0. The predicted octanol–water partition coefficient (Wildman–Crippen LogP) is 5.38. The summed E-state index contributed by atoms with van der Waals surface area (Å²) in [6.07, 6.45) is 7.66. The Bertz CT molecular complexity index is 1120. The first-order valence-corrected chi connectivity index (χ1v) is 12.3. The van der Waals surface area contributed by atoms with Crippen molar-refractivity contribution in [2.75, 3.05) is 5.32 Å². The lowest BCUT2D eigenvalue weighted by molar-refractivity contribution is -0.112. The smallest absolute Gasteiger partial charge is 0.359 e. The molecule has 0 aromatic carbocycles. The topological polar surface area (TPSA) is 118 Å². The molecule has 33 heavy (non-hydrogen) atoms. The first-order valence-electron chi connectivity index (χ1n) is 9.85. The van der Waals surface area contributed by atoms with Crippen LogP contribution in [0.25, 0.3) is 0 Å². The number of allylic oxidation sites excluding steroid dienone is 7. The first-order chi connectivity index (χ1) is 15.3. The zero-order valence-electron chi connectivity index (χ0n) is 18.7. The molecule has 0 radical (unpaired) electrons. The SMILES string of the molecule is C=C(/C=C(\C=C(/C)C(=O)Nc1ncc(C)s1)OC(C)C)OC1=CC=C(P(=O)(O)O)C(F)=CC1. The van der Waals surface area contributed by atoms with Crippen LogP contribution in [0.1, 0.15) is 32.1 Å². The van der Waals surface area contributed by atoms with Crippen LogP contribution in [0, 0.1) is 6.92 Å². The molecule has 178 valence electrons. The first kappa shape index (κ1) is 26.5. The van der Waals surface area contributed by atoms with Gasteiger partial charge in [0.2, 0.25) is 0 Å². The number of thiazole rings is 1. The Morgan fingerprint density at radius 1 is 1.36 bits per heavy atom. The molecule has 1 aromatic rings. The van der Waals surface area contributed by atoms with Gasteiger partial charge in [0.15, 0.2) is 5.13 Å². The van der Waals surface area contributed by atoms with Crippen LogP contribution in [0.5, 0.6) is 0 Å². The number of halogens is 1. The van der Waals surface area contributed by atoms with Crippen LogP contribution < -0.4 is 5.32 Å². The van der Waals surface area contributed by atoms with Crippen molar-refractivity contribution in [1.29, 1.82) is 0 Å². The lowest BCUT2D eigenvalue weighted by Gasteiger charge is -2.13. The number of ether oxygens (including phenoxy) is 2. The van der Waals surface area contributed by atoms with E-state index in [0.29, 0.717) is 16.5 Å². The standard InChI is InChI=1S/C22H26FN2O6PS/c1-13(2)30-18(10-14(3)21(26)25-22-24-12-16(5)33-22)11-15(4)31-17-6-8-19(23)20(9-7-17)32(27,28)29/h7-13H,4,6H2,1-3,5H3,(H,24,25,26)(H2,27,28,29)/b14-10+,18-11+. The van der Waals surface area contributed by atoms with Crippen molar-refractivity contribution in [3.05, 3.63) is 82.0 Å². The number of nitrogens with zero attached hydrogens (tertiary/aromatic N) is 1. The Morgan fingerprint density at radius 3 is 2.64 bits per heavy atom. The molecule has 8 nitrogen and oxygen atoms in total. The Morgan fingerprint density at radius 2 is 2.06 bits per heavy atom. The van der Waals surface area contributed by atoms with Crippen LogP contribution in [0.2, 0.25) is 0 Å². The fourth-order valence-corrected chi connectivity index (χ4v) is 3.85. The molecule has 1 aliphatic carbocycles. The van der Waals surface area contributed by atoms with Crippen LogP contribution in [0.4, 0.5) is 9.52 Å². The van der Waals surface area contributed by atoms with Gasteiger partial charge in [-0.3, -0.25) is 14.7 Å². The molecule has 0 fully saturated rings. The van der Waals surface area contributed by atoms with E-state index in [-0.39, 0.29) is 30.0 Å². The third kappa shape index (κ3) is 8.58. The van der Waals surface area contributed by atoms with Gasteiger partial charge < -0.3 is 19.3 Å². The summed E-state index contributed by atoms with van der Waals surface area (Å²) < 4.78 is 36.7. The third-order valence-corrected chi connectivity index (χ3v) is 5.78. The minimum absolute atomic E-state index is 0.0381. The Balaban J connectivity index is 2.18. The van der Waals surface area contributed by atoms with Gasteiger partial charge in [0.1, 0.15) is 23.1 Å². The average molecular weight is 496 g/mol. The zero-order chi connectivity index (χ0) is 24.8. The lowest BCUT2D eigenvalue weighted by Crippen LogP contribution is -2.13. The molecule has 0 aliphatic heterocycles. The maximum atomic E-state index is 14.0. The Kier molecular flexibility index (Phi) is 9.13. The second kappa shape index (κ2) is 11.4. The molecule has 1 aliphatic rings. The highest BCUT2D eigenvalue weighted by Gasteiger charge is 2.25. The number of aromatic nitrogens is 1. The van der Waals surface area contributed by atoms with Crippen LogP contribution in [0.15, 0.2) is 77.1 Å². The van der Waals surface area contributed by atoms with Gasteiger partial charge in [-0.1, -0.05) is 6.58 Å². The van der Waals surface area contributed by atoms with Gasteiger partial charge in [-0.2, -0.15) is 0 Å². The van der Waals surface area contributed by atoms with E-state index >= 15 is 0 Å². The van der Waals surface area contributed by atoms with Crippen molar-refractivity contribution in [2.24, 2.45) is 0 Å². The molecule has 3 N–H and O–H groups in total. The summed E-state index contributed by atoms with van der Waals surface area (Å²) in [5.74, 6) is -0.713. The summed E-state index contributed by atoms with van der Waals surface area (Å²) >= 11 is 1.36. The number of hydrogen-bond acceptors (Lipinski definition) is 6. The van der Waals surface area contributed by atoms with Crippen molar-refractivity contribution in [3.63, 3.8) is 0 Å². The van der Waals surface area contributed by atoms with Crippen molar-refractivity contribution >= 4 is 30.0 Å². The number of anilines is 1. The van der Waals surface area contributed by atoms with Crippen LogP contribution >= 0.6 is 18.9 Å². The molecule has 2 rings (SSSR count). The van der Waals surface area contributed by atoms with E-state index in [1.165, 1.54) is 29.6 Å². The molecule has 1 aromatic heterocycles. The summed E-state index contributed by atoms with van der Waals surface area (Å²) in [6, 6.07) is 0. The van der Waals surface area contributed by atoms with Crippen molar-refractivity contribution in [2.45, 2.75) is 40.2 Å². The van der Waals surface area contributed by atoms with Crippen LogP contribution in [-0.2, 0) is 18.8 Å². The molecule has 0 saturated heterocycles. The fraction of sp³-hybridized carbons (Fsp3) is 0.273. The molecule has 0 spiro atoms. The van der Waals surface area contributed by atoms with Gasteiger partial charge in [-0.05, 0) is 52.0 Å². The lowest BCUT2D eigenvalue weighted by atomic mass is 10.2. The Labute approximate surface area is 195 Å². The highest BCUT2D eigenvalue weighted by molar-refractivity contribution is 7.56. The molecular formula is C22H26FN2O6PS. The van der Waals surface area contributed by atoms with Gasteiger partial charge in [0.25, 0.3) is 5.91 Å². The normalized spacial score (nSPS) is 15.3. The summed E-state index contributed by atoms with van der Waals surface area (Å²) in [4.78, 5) is 36.0. The van der Waals surface area contributed by atoms with E-state index in [2.05, 4.69) is 16.9 Å². The summed E-state index contributed by atoms with van der Waals surface area (Å²) in [5.41, 5.74) is 0.357. The van der Waals surface area contributed by atoms with Crippen molar-refractivity contribution in [1.82, 2.24) is 4.98 Å². The van der Waals surface area contributed by atoms with E-state index in [0.717, 1.165) is 17.0 Å².